The van der Waals surface area contributed by atoms with Crippen LogP contribution in [0.2, 0.25) is 0 Å². The Bertz CT molecular complexity index is 324. The van der Waals surface area contributed by atoms with Gasteiger partial charge < -0.3 is 15.0 Å². The molecule has 1 aliphatic carbocycles. The van der Waals surface area contributed by atoms with E-state index in [2.05, 4.69) is 11.9 Å². The minimum absolute atomic E-state index is 0.0310. The van der Waals surface area contributed by atoms with Gasteiger partial charge in [0, 0.05) is 19.6 Å². The lowest BCUT2D eigenvalue weighted by molar-refractivity contribution is -0.138. The van der Waals surface area contributed by atoms with Gasteiger partial charge >= 0.3 is 0 Å². The smallest absolute Gasteiger partial charge is 0.226 e. The van der Waals surface area contributed by atoms with E-state index in [0.717, 1.165) is 0 Å². The topological polar surface area (TPSA) is 58.6 Å². The summed E-state index contributed by atoms with van der Waals surface area (Å²) >= 11 is 0. The van der Waals surface area contributed by atoms with Crippen LogP contribution in [0.15, 0.2) is 12.7 Å². The molecule has 17 heavy (non-hydrogen) atoms. The van der Waals surface area contributed by atoms with Crippen LogP contribution in [0.1, 0.15) is 6.42 Å². The van der Waals surface area contributed by atoms with Gasteiger partial charge in [-0.2, -0.15) is 0 Å². The molecule has 2 amide bonds. The van der Waals surface area contributed by atoms with E-state index in [4.69, 9.17) is 4.74 Å². The molecule has 0 spiro atoms. The fraction of sp³-hybridized carbons (Fsp3) is 0.667. The van der Waals surface area contributed by atoms with Crippen LogP contribution in [-0.4, -0.2) is 49.6 Å². The fourth-order valence-corrected chi connectivity index (χ4v) is 2.08. The van der Waals surface area contributed by atoms with Crippen LogP contribution >= 0.6 is 0 Å². The summed E-state index contributed by atoms with van der Waals surface area (Å²) in [7, 11) is 0. The maximum Gasteiger partial charge on any atom is 0.226 e. The molecule has 1 N–H and O–H groups in total. The molecule has 2 fully saturated rings. The molecule has 1 heterocycles. The van der Waals surface area contributed by atoms with Crippen molar-refractivity contribution in [2.75, 3.05) is 32.8 Å². The molecule has 1 aliphatic heterocycles. The molecule has 1 saturated heterocycles. The molecular weight excluding hydrogens is 220 g/mol. The first-order valence-corrected chi connectivity index (χ1v) is 5.99. The molecule has 0 aromatic rings. The Kier molecular flexibility index (Phi) is 3.78. The van der Waals surface area contributed by atoms with E-state index in [1.165, 1.54) is 0 Å². The third-order valence-corrected chi connectivity index (χ3v) is 3.19. The van der Waals surface area contributed by atoms with E-state index in [0.29, 0.717) is 39.3 Å². The molecule has 0 aromatic heterocycles. The zero-order chi connectivity index (χ0) is 12.3. The summed E-state index contributed by atoms with van der Waals surface area (Å²) in [6, 6.07) is 0. The highest BCUT2D eigenvalue weighted by Gasteiger charge is 2.49. The molecule has 0 radical (unpaired) electrons. The Balaban J connectivity index is 1.79. The molecule has 5 nitrogen and oxygen atoms in total. The summed E-state index contributed by atoms with van der Waals surface area (Å²) in [4.78, 5) is 25.4. The number of rotatable bonds is 4. The van der Waals surface area contributed by atoms with Crippen LogP contribution in [0.25, 0.3) is 0 Å². The van der Waals surface area contributed by atoms with Crippen molar-refractivity contribution in [1.82, 2.24) is 10.2 Å². The molecule has 2 rings (SSSR count). The normalized spacial score (nSPS) is 27.4. The third-order valence-electron chi connectivity index (χ3n) is 3.19. The second-order valence-corrected chi connectivity index (χ2v) is 4.42. The lowest BCUT2D eigenvalue weighted by atomic mass is 10.2. The monoisotopic (exact) mass is 238 g/mol. The first-order chi connectivity index (χ1) is 8.24. The highest BCUT2D eigenvalue weighted by molar-refractivity contribution is 5.92. The van der Waals surface area contributed by atoms with Gasteiger partial charge in [-0.1, -0.05) is 6.08 Å². The maximum absolute atomic E-state index is 12.0. The quantitative estimate of drug-likeness (QED) is 0.689. The van der Waals surface area contributed by atoms with E-state index < -0.39 is 0 Å². The van der Waals surface area contributed by atoms with Crippen LogP contribution in [0, 0.1) is 11.8 Å². The van der Waals surface area contributed by atoms with Crippen molar-refractivity contribution in [2.24, 2.45) is 11.8 Å². The fourth-order valence-electron chi connectivity index (χ4n) is 2.08. The average Bonchev–Trinajstić information content (AvgIpc) is 3.16. The van der Waals surface area contributed by atoms with E-state index in [9.17, 15) is 9.59 Å². The van der Waals surface area contributed by atoms with Gasteiger partial charge in [-0.05, 0) is 6.42 Å². The predicted octanol–water partition coefficient (Wildman–Crippen LogP) is -0.216. The molecule has 2 aliphatic rings. The Morgan fingerprint density at radius 2 is 2.06 bits per heavy atom. The number of carbonyl (C=O) groups is 2. The van der Waals surface area contributed by atoms with Crippen molar-refractivity contribution >= 4 is 11.8 Å². The zero-order valence-corrected chi connectivity index (χ0v) is 9.85. The number of carbonyl (C=O) groups excluding carboxylic acids is 2. The molecular formula is C12H18N2O3. The molecule has 2 atom stereocenters. The van der Waals surface area contributed by atoms with Gasteiger partial charge in [0.2, 0.25) is 11.8 Å². The van der Waals surface area contributed by atoms with Gasteiger partial charge in [0.25, 0.3) is 0 Å². The van der Waals surface area contributed by atoms with Crippen molar-refractivity contribution in [1.29, 1.82) is 0 Å². The van der Waals surface area contributed by atoms with Crippen molar-refractivity contribution < 1.29 is 14.3 Å². The number of amides is 2. The lowest BCUT2D eigenvalue weighted by Gasteiger charge is -2.27. The van der Waals surface area contributed by atoms with Crippen LogP contribution in [-0.2, 0) is 14.3 Å². The Morgan fingerprint density at radius 1 is 1.35 bits per heavy atom. The SMILES string of the molecule is C=CCNC(=O)C1CC1C(=O)N1CCOCC1. The van der Waals surface area contributed by atoms with Gasteiger partial charge in [-0.25, -0.2) is 0 Å². The lowest BCUT2D eigenvalue weighted by Crippen LogP contribution is -2.42. The predicted molar refractivity (Wildman–Crippen MR) is 62.2 cm³/mol. The largest absolute Gasteiger partial charge is 0.378 e. The Morgan fingerprint density at radius 3 is 2.71 bits per heavy atom. The molecule has 2 unspecified atom stereocenters. The summed E-state index contributed by atoms with van der Waals surface area (Å²) in [6.45, 7) is 6.51. The minimum atomic E-state index is -0.134. The van der Waals surface area contributed by atoms with Gasteiger partial charge in [0.15, 0.2) is 0 Å². The van der Waals surface area contributed by atoms with Gasteiger partial charge in [0.05, 0.1) is 25.0 Å². The summed E-state index contributed by atoms with van der Waals surface area (Å²) in [5.74, 6) is -0.174. The van der Waals surface area contributed by atoms with Crippen molar-refractivity contribution in [3.8, 4) is 0 Å². The number of morpholine rings is 1. The number of hydrogen-bond acceptors (Lipinski definition) is 3. The average molecular weight is 238 g/mol. The van der Waals surface area contributed by atoms with Gasteiger partial charge in [0.1, 0.15) is 0 Å². The van der Waals surface area contributed by atoms with Crippen LogP contribution in [0.4, 0.5) is 0 Å². The first kappa shape index (κ1) is 12.1. The highest BCUT2D eigenvalue weighted by Crippen LogP contribution is 2.40. The molecule has 1 saturated carbocycles. The number of nitrogens with one attached hydrogen (secondary N) is 1. The van der Waals surface area contributed by atoms with Crippen molar-refractivity contribution in [2.45, 2.75) is 6.42 Å². The summed E-state index contributed by atoms with van der Waals surface area (Å²) < 4.78 is 5.19. The zero-order valence-electron chi connectivity index (χ0n) is 9.85. The summed E-state index contributed by atoms with van der Waals surface area (Å²) in [6.07, 6.45) is 2.32. The van der Waals surface area contributed by atoms with Gasteiger partial charge in [-0.15, -0.1) is 6.58 Å². The van der Waals surface area contributed by atoms with Gasteiger partial charge in [-0.3, -0.25) is 9.59 Å². The minimum Gasteiger partial charge on any atom is -0.378 e. The van der Waals surface area contributed by atoms with Crippen molar-refractivity contribution in [3.05, 3.63) is 12.7 Å². The van der Waals surface area contributed by atoms with Crippen LogP contribution in [0.5, 0.6) is 0 Å². The molecule has 0 bridgehead atoms. The Hall–Kier alpha value is -1.36. The third kappa shape index (κ3) is 2.85. The maximum atomic E-state index is 12.0. The number of ether oxygens (including phenoxy) is 1. The van der Waals surface area contributed by atoms with Crippen molar-refractivity contribution in [3.63, 3.8) is 0 Å². The summed E-state index contributed by atoms with van der Waals surface area (Å²) in [5, 5.41) is 2.73. The van der Waals surface area contributed by atoms with E-state index in [1.807, 2.05) is 0 Å². The van der Waals surface area contributed by atoms with E-state index in [1.54, 1.807) is 11.0 Å². The first-order valence-electron chi connectivity index (χ1n) is 5.99. The summed E-state index contributed by atoms with van der Waals surface area (Å²) in [5.41, 5.74) is 0. The second kappa shape index (κ2) is 5.31. The van der Waals surface area contributed by atoms with Crippen LogP contribution in [0.3, 0.4) is 0 Å². The van der Waals surface area contributed by atoms with Crippen LogP contribution < -0.4 is 5.32 Å². The standard InChI is InChI=1S/C12H18N2O3/c1-2-3-13-11(15)9-8-10(9)12(16)14-4-6-17-7-5-14/h2,9-10H,1,3-8H2,(H,13,15). The van der Waals surface area contributed by atoms with E-state index >= 15 is 0 Å². The molecule has 5 heteroatoms. The highest BCUT2D eigenvalue weighted by atomic mass is 16.5. The van der Waals surface area contributed by atoms with E-state index in [-0.39, 0.29) is 23.7 Å². The second-order valence-electron chi connectivity index (χ2n) is 4.42. The molecule has 0 aromatic carbocycles. The Labute approximate surface area is 101 Å². The number of hydrogen-bond donors (Lipinski definition) is 1. The molecule has 94 valence electrons. The number of nitrogens with zero attached hydrogens (tertiary/aromatic N) is 1.